The minimum absolute atomic E-state index is 0.577. The first-order valence-corrected chi connectivity index (χ1v) is 4.17. The Balaban J connectivity index is 2.71. The summed E-state index contributed by atoms with van der Waals surface area (Å²) in [6.07, 6.45) is 2.19. The van der Waals surface area contributed by atoms with Crippen molar-refractivity contribution in [2.75, 3.05) is 0 Å². The molecular weight excluding hydrogens is 156 g/mol. The van der Waals surface area contributed by atoms with Gasteiger partial charge in [0.2, 0.25) is 0 Å². The molecule has 0 saturated heterocycles. The first kappa shape index (κ1) is 8.61. The molecule has 0 aliphatic rings. The average Bonchev–Trinajstić information content (AvgIpc) is 1.85. The van der Waals surface area contributed by atoms with Gasteiger partial charge in [0.1, 0.15) is 0 Å². The van der Waals surface area contributed by atoms with E-state index in [9.17, 15) is 0 Å². The molecule has 1 radical (unpaired) electrons. The zero-order valence-electron chi connectivity index (χ0n) is 6.84. The SMILES string of the molecule is CC(C)[CH]c1cccc(Cl)c1. The van der Waals surface area contributed by atoms with Crippen LogP contribution >= 0.6 is 11.6 Å². The Kier molecular flexibility index (Phi) is 2.95. The molecule has 0 fully saturated rings. The summed E-state index contributed by atoms with van der Waals surface area (Å²) in [4.78, 5) is 0. The fourth-order valence-corrected chi connectivity index (χ4v) is 1.19. The van der Waals surface area contributed by atoms with Crippen molar-refractivity contribution < 1.29 is 0 Å². The monoisotopic (exact) mass is 167 g/mol. The zero-order valence-corrected chi connectivity index (χ0v) is 7.60. The molecule has 1 aromatic rings. The second-order valence-electron chi connectivity index (χ2n) is 2.97. The standard InChI is InChI=1S/C10H12Cl/c1-8(2)6-9-4-3-5-10(11)7-9/h3-8H,1-2H3. The van der Waals surface area contributed by atoms with Crippen molar-refractivity contribution >= 4 is 11.6 Å². The van der Waals surface area contributed by atoms with Crippen molar-refractivity contribution in [3.05, 3.63) is 41.3 Å². The highest BCUT2D eigenvalue weighted by Gasteiger charge is 1.97. The third kappa shape index (κ3) is 2.94. The molecule has 0 spiro atoms. The second kappa shape index (κ2) is 3.77. The second-order valence-corrected chi connectivity index (χ2v) is 3.40. The van der Waals surface area contributed by atoms with E-state index in [1.54, 1.807) is 0 Å². The molecule has 1 rings (SSSR count). The van der Waals surface area contributed by atoms with Gasteiger partial charge in [0.25, 0.3) is 0 Å². The predicted octanol–water partition coefficient (Wildman–Crippen LogP) is 3.55. The van der Waals surface area contributed by atoms with Crippen molar-refractivity contribution in [1.29, 1.82) is 0 Å². The number of rotatable bonds is 2. The Morgan fingerprint density at radius 3 is 2.64 bits per heavy atom. The molecule has 59 valence electrons. The van der Waals surface area contributed by atoms with Crippen LogP contribution in [0.3, 0.4) is 0 Å². The third-order valence-corrected chi connectivity index (χ3v) is 1.61. The lowest BCUT2D eigenvalue weighted by atomic mass is 10.0. The van der Waals surface area contributed by atoms with E-state index >= 15 is 0 Å². The summed E-state index contributed by atoms with van der Waals surface area (Å²) in [5.41, 5.74) is 1.20. The number of hydrogen-bond donors (Lipinski definition) is 0. The van der Waals surface area contributed by atoms with Crippen LogP contribution in [0.25, 0.3) is 0 Å². The summed E-state index contributed by atoms with van der Waals surface area (Å²) in [5, 5.41) is 0.805. The van der Waals surface area contributed by atoms with Gasteiger partial charge < -0.3 is 0 Å². The van der Waals surface area contributed by atoms with Gasteiger partial charge in [-0.05, 0) is 30.0 Å². The molecule has 1 heteroatoms. The molecule has 1 aromatic carbocycles. The van der Waals surface area contributed by atoms with Gasteiger partial charge in [0, 0.05) is 5.02 Å². The molecule has 0 heterocycles. The molecule has 0 atom stereocenters. The van der Waals surface area contributed by atoms with Crippen LogP contribution in [0.2, 0.25) is 5.02 Å². The molecule has 0 unspecified atom stereocenters. The maximum absolute atomic E-state index is 5.81. The summed E-state index contributed by atoms with van der Waals surface area (Å²) < 4.78 is 0. The van der Waals surface area contributed by atoms with Crippen LogP contribution in [0.5, 0.6) is 0 Å². The van der Waals surface area contributed by atoms with Gasteiger partial charge in [0.05, 0.1) is 0 Å². The van der Waals surface area contributed by atoms with Crippen molar-refractivity contribution in [2.24, 2.45) is 5.92 Å². The largest absolute Gasteiger partial charge is 0.0843 e. The maximum atomic E-state index is 5.81. The Hall–Kier alpha value is -0.490. The fourth-order valence-electron chi connectivity index (χ4n) is 0.995. The van der Waals surface area contributed by atoms with Gasteiger partial charge in [0.15, 0.2) is 0 Å². The minimum atomic E-state index is 0.577. The molecule has 11 heavy (non-hydrogen) atoms. The van der Waals surface area contributed by atoms with Gasteiger partial charge in [-0.1, -0.05) is 37.6 Å². The van der Waals surface area contributed by atoms with E-state index < -0.39 is 0 Å². The van der Waals surface area contributed by atoms with Gasteiger partial charge in [-0.15, -0.1) is 0 Å². The van der Waals surface area contributed by atoms with Crippen LogP contribution in [0.15, 0.2) is 24.3 Å². The Bertz CT molecular complexity index is 228. The topological polar surface area (TPSA) is 0 Å². The zero-order chi connectivity index (χ0) is 8.27. The number of hydrogen-bond acceptors (Lipinski definition) is 0. The van der Waals surface area contributed by atoms with E-state index in [0.717, 1.165) is 5.02 Å². The van der Waals surface area contributed by atoms with Crippen LogP contribution in [-0.4, -0.2) is 0 Å². The van der Waals surface area contributed by atoms with Crippen molar-refractivity contribution in [3.63, 3.8) is 0 Å². The van der Waals surface area contributed by atoms with Gasteiger partial charge in [-0.3, -0.25) is 0 Å². The normalized spacial score (nSPS) is 10.5. The van der Waals surface area contributed by atoms with Crippen LogP contribution in [0, 0.1) is 12.3 Å². The van der Waals surface area contributed by atoms with Gasteiger partial charge in [-0.2, -0.15) is 0 Å². The lowest BCUT2D eigenvalue weighted by Gasteiger charge is -2.03. The van der Waals surface area contributed by atoms with Crippen LogP contribution in [-0.2, 0) is 0 Å². The van der Waals surface area contributed by atoms with Crippen LogP contribution < -0.4 is 0 Å². The van der Waals surface area contributed by atoms with E-state index in [1.165, 1.54) is 5.56 Å². The quantitative estimate of drug-likeness (QED) is 0.632. The van der Waals surface area contributed by atoms with Crippen molar-refractivity contribution in [3.8, 4) is 0 Å². The minimum Gasteiger partial charge on any atom is -0.0843 e. The van der Waals surface area contributed by atoms with Crippen molar-refractivity contribution in [2.45, 2.75) is 13.8 Å². The van der Waals surface area contributed by atoms with Gasteiger partial charge >= 0.3 is 0 Å². The highest BCUT2D eigenvalue weighted by atomic mass is 35.5. The average molecular weight is 168 g/mol. The van der Waals surface area contributed by atoms with E-state index in [1.807, 2.05) is 18.2 Å². The third-order valence-electron chi connectivity index (χ3n) is 1.37. The smallest absolute Gasteiger partial charge is 0.0408 e. The molecule has 0 bridgehead atoms. The summed E-state index contributed by atoms with van der Waals surface area (Å²) in [5.74, 6) is 0.577. The first-order chi connectivity index (χ1) is 5.18. The summed E-state index contributed by atoms with van der Waals surface area (Å²) in [6, 6.07) is 7.89. The van der Waals surface area contributed by atoms with Crippen molar-refractivity contribution in [1.82, 2.24) is 0 Å². The molecule has 0 aromatic heterocycles. The molecule has 0 saturated carbocycles. The predicted molar refractivity (Wildman–Crippen MR) is 49.7 cm³/mol. The van der Waals surface area contributed by atoms with E-state index in [4.69, 9.17) is 11.6 Å². The Labute approximate surface area is 73.2 Å². The van der Waals surface area contributed by atoms with E-state index in [0.29, 0.717) is 5.92 Å². The molecule has 0 aliphatic carbocycles. The summed E-state index contributed by atoms with van der Waals surface area (Å²) in [6.45, 7) is 4.31. The summed E-state index contributed by atoms with van der Waals surface area (Å²) >= 11 is 5.81. The Morgan fingerprint density at radius 2 is 2.09 bits per heavy atom. The molecule has 0 N–H and O–H groups in total. The maximum Gasteiger partial charge on any atom is 0.0408 e. The molecule has 0 nitrogen and oxygen atoms in total. The number of halogens is 1. The molecule has 0 aliphatic heterocycles. The molecular formula is C10H12Cl. The Morgan fingerprint density at radius 1 is 1.36 bits per heavy atom. The van der Waals surface area contributed by atoms with Crippen LogP contribution in [0.1, 0.15) is 19.4 Å². The highest BCUT2D eigenvalue weighted by Crippen LogP contribution is 2.15. The highest BCUT2D eigenvalue weighted by molar-refractivity contribution is 6.30. The van der Waals surface area contributed by atoms with E-state index in [-0.39, 0.29) is 0 Å². The number of benzene rings is 1. The van der Waals surface area contributed by atoms with Gasteiger partial charge in [-0.25, -0.2) is 0 Å². The molecule has 0 amide bonds. The fraction of sp³-hybridized carbons (Fsp3) is 0.300. The first-order valence-electron chi connectivity index (χ1n) is 3.79. The lowest BCUT2D eigenvalue weighted by molar-refractivity contribution is 0.776. The summed E-state index contributed by atoms with van der Waals surface area (Å²) in [7, 11) is 0. The van der Waals surface area contributed by atoms with Crippen LogP contribution in [0.4, 0.5) is 0 Å². The van der Waals surface area contributed by atoms with E-state index in [2.05, 4.69) is 26.3 Å². The lowest BCUT2D eigenvalue weighted by Crippen LogP contribution is -1.89.